The zero-order valence-electron chi connectivity index (χ0n) is 23.1. The number of nitriles is 1. The molecule has 2 aromatic heterocycles. The average molecular weight is 606 g/mol. The molecular weight excluding hydrogens is 576 g/mol. The summed E-state index contributed by atoms with van der Waals surface area (Å²) in [5, 5.41) is 18.4. The molecule has 1 N–H and O–H groups in total. The first-order chi connectivity index (χ1) is 20.3. The predicted molar refractivity (Wildman–Crippen MR) is 156 cm³/mol. The van der Waals surface area contributed by atoms with Gasteiger partial charge >= 0.3 is 5.97 Å². The minimum absolute atomic E-state index is 0. The van der Waals surface area contributed by atoms with Gasteiger partial charge in [-0.15, -0.1) is 0 Å². The number of carbonyl (C=O) groups is 1. The van der Waals surface area contributed by atoms with Gasteiger partial charge in [0, 0.05) is 30.8 Å². The van der Waals surface area contributed by atoms with E-state index in [4.69, 9.17) is 19.7 Å². The number of piperidine rings is 1. The van der Waals surface area contributed by atoms with Crippen LogP contribution >= 0.6 is 13.5 Å². The van der Waals surface area contributed by atoms with Crippen molar-refractivity contribution in [1.29, 1.82) is 5.26 Å². The van der Waals surface area contributed by atoms with Crippen molar-refractivity contribution in [3.8, 4) is 11.8 Å². The monoisotopic (exact) mass is 605 g/mol. The smallest absolute Gasteiger partial charge is 0.335 e. The zero-order chi connectivity index (χ0) is 29.0. The van der Waals surface area contributed by atoms with Crippen LogP contribution in [0.15, 0.2) is 48.5 Å². The lowest BCUT2D eigenvalue weighted by Gasteiger charge is -2.28. The van der Waals surface area contributed by atoms with Crippen LogP contribution in [-0.4, -0.2) is 56.3 Å². The fourth-order valence-corrected chi connectivity index (χ4v) is 6.26. The molecule has 3 atom stereocenters. The first-order valence-corrected chi connectivity index (χ1v) is 13.9. The van der Waals surface area contributed by atoms with Gasteiger partial charge in [0.2, 0.25) is 0 Å². The van der Waals surface area contributed by atoms with E-state index in [1.165, 1.54) is 18.2 Å². The molecule has 1 aliphatic carbocycles. The highest BCUT2D eigenvalue weighted by atomic mass is 32.1. The Balaban J connectivity index is 0.00000329. The van der Waals surface area contributed by atoms with Crippen molar-refractivity contribution >= 4 is 30.5 Å². The van der Waals surface area contributed by atoms with E-state index < -0.39 is 17.6 Å². The molecule has 0 radical (unpaired) electrons. The molecule has 12 heteroatoms. The summed E-state index contributed by atoms with van der Waals surface area (Å²) in [5.74, 6) is -1.04. The van der Waals surface area contributed by atoms with E-state index in [2.05, 4.69) is 14.5 Å². The maximum absolute atomic E-state index is 14.7. The lowest BCUT2D eigenvalue weighted by atomic mass is 10.0. The standard InChI is InChI=1S/C31H27F2N5O4.H2S/c32-22-3-6-28(35-25(22)16-42-27-5-1-18(12-34)9-23(27)33)31-11-20(31)13-37(17-31)15-29-36-24-4-2-19(30(39)40)10-26(24)38(29)14-21-7-8-41-21;/h1-6,9-10,20-21H,7-8,11,13-17H2,(H,39,40);1H2/t20?,21-,31?;/m0./s1. The fraction of sp³-hybridized carbons (Fsp3) is 0.355. The number of fused-ring (bicyclic) bond motifs is 2. The zero-order valence-corrected chi connectivity index (χ0v) is 24.1. The summed E-state index contributed by atoms with van der Waals surface area (Å²) >= 11 is 0. The lowest BCUT2D eigenvalue weighted by molar-refractivity contribution is -0.0591. The number of aromatic nitrogens is 3. The number of halogens is 2. The van der Waals surface area contributed by atoms with Gasteiger partial charge in [-0.25, -0.2) is 18.6 Å². The van der Waals surface area contributed by atoms with Crippen LogP contribution < -0.4 is 4.74 Å². The summed E-state index contributed by atoms with van der Waals surface area (Å²) in [7, 11) is 0. The third kappa shape index (κ3) is 5.33. The van der Waals surface area contributed by atoms with Crippen molar-refractivity contribution in [1.82, 2.24) is 19.4 Å². The van der Waals surface area contributed by atoms with E-state index in [-0.39, 0.29) is 54.2 Å². The number of hydrogen-bond donors (Lipinski definition) is 1. The maximum Gasteiger partial charge on any atom is 0.335 e. The Morgan fingerprint density at radius 2 is 2.00 bits per heavy atom. The van der Waals surface area contributed by atoms with Gasteiger partial charge in [-0.05, 0) is 67.3 Å². The predicted octanol–water partition coefficient (Wildman–Crippen LogP) is 4.53. The number of rotatable bonds is 9. The molecule has 3 fully saturated rings. The number of hydrogen-bond acceptors (Lipinski definition) is 7. The van der Waals surface area contributed by atoms with Crippen LogP contribution in [0.4, 0.5) is 8.78 Å². The highest BCUT2D eigenvalue weighted by Gasteiger charge is 2.61. The van der Waals surface area contributed by atoms with Gasteiger partial charge < -0.3 is 19.1 Å². The third-order valence-corrected chi connectivity index (χ3v) is 8.69. The largest absolute Gasteiger partial charge is 0.484 e. The average Bonchev–Trinajstić information content (AvgIpc) is 3.36. The summed E-state index contributed by atoms with van der Waals surface area (Å²) in [5.41, 5.74) is 2.61. The molecular formula is C31H29F2N5O4S. The topological polar surface area (TPSA) is 114 Å². The highest BCUT2D eigenvalue weighted by molar-refractivity contribution is 7.59. The first-order valence-electron chi connectivity index (χ1n) is 13.9. The van der Waals surface area contributed by atoms with E-state index in [0.717, 1.165) is 61.2 Å². The van der Waals surface area contributed by atoms with Crippen LogP contribution in [0.2, 0.25) is 0 Å². The molecule has 2 unspecified atom stereocenters. The molecule has 222 valence electrons. The Kier molecular flexibility index (Phi) is 7.58. The van der Waals surface area contributed by atoms with Gasteiger partial charge in [-0.2, -0.15) is 18.8 Å². The SMILES string of the molecule is N#Cc1ccc(OCc2nc(C34CC3CN(Cc3nc5ccc(C(=O)O)cc5n3C[C@@H]3CCO3)C4)ccc2F)c(F)c1.S. The fourth-order valence-electron chi connectivity index (χ4n) is 6.26. The minimum atomic E-state index is -0.980. The van der Waals surface area contributed by atoms with E-state index >= 15 is 0 Å². The molecule has 2 aromatic carbocycles. The Labute approximate surface area is 253 Å². The quantitative estimate of drug-likeness (QED) is 0.296. The van der Waals surface area contributed by atoms with E-state index in [1.54, 1.807) is 24.3 Å². The third-order valence-electron chi connectivity index (χ3n) is 8.69. The molecule has 2 saturated heterocycles. The second-order valence-electron chi connectivity index (χ2n) is 11.3. The van der Waals surface area contributed by atoms with Gasteiger partial charge in [0.25, 0.3) is 0 Å². The second-order valence-corrected chi connectivity index (χ2v) is 11.3. The van der Waals surface area contributed by atoms with Crippen LogP contribution in [0.25, 0.3) is 11.0 Å². The summed E-state index contributed by atoms with van der Waals surface area (Å²) in [6, 6.07) is 13.9. The number of pyridine rings is 1. The molecule has 43 heavy (non-hydrogen) atoms. The van der Waals surface area contributed by atoms with Gasteiger partial charge in [-0.3, -0.25) is 9.88 Å². The van der Waals surface area contributed by atoms with Crippen LogP contribution in [0, 0.1) is 28.9 Å². The number of benzene rings is 2. The molecule has 2 aliphatic heterocycles. The minimum Gasteiger partial charge on any atom is -0.484 e. The van der Waals surface area contributed by atoms with Crippen LogP contribution in [0.3, 0.4) is 0 Å². The van der Waals surface area contributed by atoms with Gasteiger partial charge in [0.05, 0.1) is 47.4 Å². The van der Waals surface area contributed by atoms with Crippen molar-refractivity contribution in [2.45, 2.75) is 44.1 Å². The van der Waals surface area contributed by atoms with Gasteiger partial charge in [0.15, 0.2) is 11.6 Å². The normalized spacial score (nSPS) is 22.3. The Morgan fingerprint density at radius 1 is 1.16 bits per heavy atom. The summed E-state index contributed by atoms with van der Waals surface area (Å²) in [4.78, 5) is 23.4. The molecule has 3 aliphatic rings. The molecule has 7 rings (SSSR count). The molecule has 1 saturated carbocycles. The Morgan fingerprint density at radius 3 is 2.72 bits per heavy atom. The molecule has 4 aromatic rings. The highest BCUT2D eigenvalue weighted by Crippen LogP contribution is 2.58. The van der Waals surface area contributed by atoms with Crippen LogP contribution in [0.1, 0.15) is 46.0 Å². The number of aromatic carboxylic acids is 1. The number of imidazole rings is 1. The van der Waals surface area contributed by atoms with Crippen LogP contribution in [-0.2, 0) is 29.8 Å². The first kappa shape index (κ1) is 29.0. The Hall–Kier alpha value is -4.05. The summed E-state index contributed by atoms with van der Waals surface area (Å²) in [6.07, 6.45) is 1.98. The van der Waals surface area contributed by atoms with E-state index in [9.17, 15) is 18.7 Å². The van der Waals surface area contributed by atoms with E-state index in [0.29, 0.717) is 19.0 Å². The summed E-state index contributed by atoms with van der Waals surface area (Å²) < 4.78 is 42.2. The number of likely N-dealkylation sites (tertiary alicyclic amines) is 1. The number of carboxylic acid groups (broad SMARTS) is 1. The van der Waals surface area contributed by atoms with Gasteiger partial charge in [-0.1, -0.05) is 0 Å². The summed E-state index contributed by atoms with van der Waals surface area (Å²) in [6.45, 7) is 3.24. The number of nitrogens with zero attached hydrogens (tertiary/aromatic N) is 5. The second kappa shape index (κ2) is 11.2. The maximum atomic E-state index is 14.7. The Bertz CT molecular complexity index is 1770. The van der Waals surface area contributed by atoms with Crippen molar-refractivity contribution < 1.29 is 28.2 Å². The molecule has 0 spiro atoms. The van der Waals surface area contributed by atoms with Gasteiger partial charge in [0.1, 0.15) is 23.9 Å². The van der Waals surface area contributed by atoms with Crippen molar-refractivity contribution in [3.05, 3.63) is 88.5 Å². The van der Waals surface area contributed by atoms with Crippen molar-refractivity contribution in [2.24, 2.45) is 5.92 Å². The number of carboxylic acids is 1. The lowest BCUT2D eigenvalue weighted by Crippen LogP contribution is -2.33. The van der Waals surface area contributed by atoms with Crippen LogP contribution in [0.5, 0.6) is 5.75 Å². The molecule has 0 bridgehead atoms. The molecule has 4 heterocycles. The van der Waals surface area contributed by atoms with Crippen molar-refractivity contribution in [3.63, 3.8) is 0 Å². The van der Waals surface area contributed by atoms with Crippen molar-refractivity contribution in [2.75, 3.05) is 19.7 Å². The molecule has 9 nitrogen and oxygen atoms in total. The number of ether oxygens (including phenoxy) is 2. The van der Waals surface area contributed by atoms with E-state index in [1.807, 2.05) is 6.07 Å². The molecule has 0 amide bonds.